The van der Waals surface area contributed by atoms with Crippen LogP contribution in [0, 0.1) is 0 Å². The summed E-state index contributed by atoms with van der Waals surface area (Å²) in [6, 6.07) is 0. The summed E-state index contributed by atoms with van der Waals surface area (Å²) in [6.45, 7) is 4.62. The van der Waals surface area contributed by atoms with Crippen LogP contribution in [0.2, 0.25) is 0 Å². The second-order valence-electron chi connectivity index (χ2n) is 2.85. The minimum atomic E-state index is -0.227. The molecule has 4 heteroatoms. The third-order valence-corrected chi connectivity index (χ3v) is 1.17. The summed E-state index contributed by atoms with van der Waals surface area (Å²) in [6.07, 6.45) is 0.963. The molecule has 6 N–H and O–H groups in total. The summed E-state index contributed by atoms with van der Waals surface area (Å²) < 4.78 is 0. The SMILES string of the molecule is CC(O)CCN.CC(O)CCN. The summed E-state index contributed by atoms with van der Waals surface area (Å²) in [5.74, 6) is 0. The Morgan fingerprint density at radius 2 is 1.17 bits per heavy atom. The molecule has 4 nitrogen and oxygen atoms in total. The molecule has 0 radical (unpaired) electrons. The number of hydrogen-bond acceptors (Lipinski definition) is 4. The number of nitrogens with two attached hydrogens (primary N) is 2. The van der Waals surface area contributed by atoms with E-state index in [0.29, 0.717) is 25.9 Å². The first-order chi connectivity index (χ1) is 5.54. The van der Waals surface area contributed by atoms with Crippen LogP contribution in [0.1, 0.15) is 26.7 Å². The Kier molecular flexibility index (Phi) is 13.0. The molecule has 0 saturated carbocycles. The van der Waals surface area contributed by atoms with E-state index in [1.54, 1.807) is 13.8 Å². The molecule has 2 atom stereocenters. The first kappa shape index (κ1) is 14.4. The molecule has 0 fully saturated rings. The molecule has 0 aromatic heterocycles. The van der Waals surface area contributed by atoms with Gasteiger partial charge in [0.2, 0.25) is 0 Å². The van der Waals surface area contributed by atoms with Gasteiger partial charge in [0.15, 0.2) is 0 Å². The van der Waals surface area contributed by atoms with Gasteiger partial charge in [-0.05, 0) is 39.8 Å². The van der Waals surface area contributed by atoms with Crippen LogP contribution in [0.15, 0.2) is 0 Å². The van der Waals surface area contributed by atoms with Gasteiger partial charge in [-0.3, -0.25) is 0 Å². The lowest BCUT2D eigenvalue weighted by Crippen LogP contribution is -2.08. The first-order valence-corrected chi connectivity index (χ1v) is 4.30. The van der Waals surface area contributed by atoms with E-state index >= 15 is 0 Å². The molecule has 0 saturated heterocycles. The molecule has 0 aliphatic carbocycles. The van der Waals surface area contributed by atoms with Gasteiger partial charge in [0.25, 0.3) is 0 Å². The highest BCUT2D eigenvalue weighted by molar-refractivity contribution is 4.44. The van der Waals surface area contributed by atoms with Crippen LogP contribution >= 0.6 is 0 Å². The predicted octanol–water partition coefficient (Wildman–Crippen LogP) is -0.568. The fourth-order valence-corrected chi connectivity index (χ4v) is 0.482. The largest absolute Gasteiger partial charge is 0.393 e. The molecular weight excluding hydrogens is 156 g/mol. The van der Waals surface area contributed by atoms with Crippen molar-refractivity contribution in [2.75, 3.05) is 13.1 Å². The van der Waals surface area contributed by atoms with E-state index in [1.165, 1.54) is 0 Å². The van der Waals surface area contributed by atoms with Crippen LogP contribution in [-0.4, -0.2) is 35.5 Å². The van der Waals surface area contributed by atoms with Gasteiger partial charge < -0.3 is 21.7 Å². The van der Waals surface area contributed by atoms with Gasteiger partial charge >= 0.3 is 0 Å². The Morgan fingerprint density at radius 1 is 0.917 bits per heavy atom. The minimum absolute atomic E-state index is 0.227. The van der Waals surface area contributed by atoms with Crippen molar-refractivity contribution in [3.05, 3.63) is 0 Å². The van der Waals surface area contributed by atoms with Gasteiger partial charge in [-0.1, -0.05) is 0 Å². The highest BCUT2D eigenvalue weighted by Gasteiger charge is 1.88. The van der Waals surface area contributed by atoms with Gasteiger partial charge in [-0.25, -0.2) is 0 Å². The molecule has 0 aromatic rings. The van der Waals surface area contributed by atoms with Crippen LogP contribution in [-0.2, 0) is 0 Å². The molecule has 0 amide bonds. The van der Waals surface area contributed by atoms with Crippen molar-refractivity contribution in [2.45, 2.75) is 38.9 Å². The first-order valence-electron chi connectivity index (χ1n) is 4.30. The van der Waals surface area contributed by atoms with E-state index in [9.17, 15) is 0 Å². The Hall–Kier alpha value is -0.160. The maximum atomic E-state index is 8.47. The normalized spacial score (nSPS) is 14.5. The van der Waals surface area contributed by atoms with Crippen LogP contribution < -0.4 is 11.5 Å². The zero-order valence-electron chi connectivity index (χ0n) is 8.03. The quantitative estimate of drug-likeness (QED) is 0.464. The Balaban J connectivity index is 0. The standard InChI is InChI=1S/2C4H11NO/c2*1-4(6)2-3-5/h2*4,6H,2-3,5H2,1H3. The molecule has 0 bridgehead atoms. The Labute approximate surface area is 74.6 Å². The maximum absolute atomic E-state index is 8.47. The van der Waals surface area contributed by atoms with Crippen molar-refractivity contribution >= 4 is 0 Å². The van der Waals surface area contributed by atoms with Crippen molar-refractivity contribution in [2.24, 2.45) is 11.5 Å². The van der Waals surface area contributed by atoms with E-state index in [2.05, 4.69) is 0 Å². The summed E-state index contributed by atoms with van der Waals surface area (Å²) in [4.78, 5) is 0. The molecular formula is C8H22N2O2. The second kappa shape index (κ2) is 10.8. The molecule has 0 heterocycles. The van der Waals surface area contributed by atoms with Crippen LogP contribution in [0.5, 0.6) is 0 Å². The molecule has 0 spiro atoms. The molecule has 0 rings (SSSR count). The van der Waals surface area contributed by atoms with Crippen molar-refractivity contribution in [3.8, 4) is 0 Å². The zero-order chi connectivity index (χ0) is 9.98. The monoisotopic (exact) mass is 178 g/mol. The van der Waals surface area contributed by atoms with Crippen LogP contribution in [0.25, 0.3) is 0 Å². The summed E-state index contributed by atoms with van der Waals surface area (Å²) >= 11 is 0. The third kappa shape index (κ3) is 22.5. The lowest BCUT2D eigenvalue weighted by atomic mass is 10.3. The Morgan fingerprint density at radius 3 is 1.17 bits per heavy atom. The molecule has 0 aliphatic heterocycles. The average molecular weight is 178 g/mol. The van der Waals surface area contributed by atoms with E-state index in [-0.39, 0.29) is 12.2 Å². The van der Waals surface area contributed by atoms with Gasteiger partial charge in [-0.2, -0.15) is 0 Å². The highest BCUT2D eigenvalue weighted by Crippen LogP contribution is 1.82. The molecule has 0 aromatic carbocycles. The van der Waals surface area contributed by atoms with Gasteiger partial charge in [-0.15, -0.1) is 0 Å². The zero-order valence-corrected chi connectivity index (χ0v) is 8.03. The Bertz CT molecular complexity index is 67.5. The number of hydrogen-bond donors (Lipinski definition) is 4. The second-order valence-corrected chi connectivity index (χ2v) is 2.85. The van der Waals surface area contributed by atoms with Gasteiger partial charge in [0.1, 0.15) is 0 Å². The lowest BCUT2D eigenvalue weighted by molar-refractivity contribution is 0.187. The van der Waals surface area contributed by atoms with E-state index in [0.717, 1.165) is 0 Å². The van der Waals surface area contributed by atoms with Crippen molar-refractivity contribution in [1.82, 2.24) is 0 Å². The van der Waals surface area contributed by atoms with E-state index in [1.807, 2.05) is 0 Å². The highest BCUT2D eigenvalue weighted by atomic mass is 16.3. The molecule has 0 aliphatic rings. The van der Waals surface area contributed by atoms with Crippen molar-refractivity contribution < 1.29 is 10.2 Å². The minimum Gasteiger partial charge on any atom is -0.393 e. The summed E-state index contributed by atoms with van der Waals surface area (Å²) in [5.41, 5.74) is 10.1. The predicted molar refractivity (Wildman–Crippen MR) is 50.7 cm³/mol. The maximum Gasteiger partial charge on any atom is 0.0524 e. The smallest absolute Gasteiger partial charge is 0.0524 e. The summed E-state index contributed by atoms with van der Waals surface area (Å²) in [7, 11) is 0. The van der Waals surface area contributed by atoms with Gasteiger partial charge in [0, 0.05) is 0 Å². The summed E-state index contributed by atoms with van der Waals surface area (Å²) in [5, 5.41) is 16.9. The fraction of sp³-hybridized carbons (Fsp3) is 1.00. The van der Waals surface area contributed by atoms with E-state index < -0.39 is 0 Å². The van der Waals surface area contributed by atoms with Gasteiger partial charge in [0.05, 0.1) is 12.2 Å². The molecule has 76 valence electrons. The number of aliphatic hydroxyl groups excluding tert-OH is 2. The average Bonchev–Trinajstić information content (AvgIpc) is 1.87. The fourth-order valence-electron chi connectivity index (χ4n) is 0.482. The molecule has 12 heavy (non-hydrogen) atoms. The molecule has 2 unspecified atom stereocenters. The lowest BCUT2D eigenvalue weighted by Gasteiger charge is -1.95. The number of rotatable bonds is 4. The van der Waals surface area contributed by atoms with Crippen molar-refractivity contribution in [1.29, 1.82) is 0 Å². The number of aliphatic hydroxyl groups is 2. The van der Waals surface area contributed by atoms with Crippen LogP contribution in [0.4, 0.5) is 0 Å². The van der Waals surface area contributed by atoms with Crippen LogP contribution in [0.3, 0.4) is 0 Å². The third-order valence-electron chi connectivity index (χ3n) is 1.17. The van der Waals surface area contributed by atoms with E-state index in [4.69, 9.17) is 21.7 Å². The van der Waals surface area contributed by atoms with Crippen molar-refractivity contribution in [3.63, 3.8) is 0 Å². The topological polar surface area (TPSA) is 92.5 Å².